The van der Waals surface area contributed by atoms with Gasteiger partial charge in [-0.2, -0.15) is 0 Å². The first-order chi connectivity index (χ1) is 7.08. The van der Waals surface area contributed by atoms with E-state index < -0.39 is 5.97 Å². The average Bonchev–Trinajstić information content (AvgIpc) is 2.10. The minimum absolute atomic E-state index is 0.287. The van der Waals surface area contributed by atoms with Crippen molar-refractivity contribution < 1.29 is 14.6 Å². The van der Waals surface area contributed by atoms with Crippen molar-refractivity contribution in [3.8, 4) is 0 Å². The number of rotatable bonds is 5. The second-order valence-electron chi connectivity index (χ2n) is 4.37. The van der Waals surface area contributed by atoms with Crippen LogP contribution in [-0.2, 0) is 9.53 Å². The molecule has 1 aliphatic heterocycles. The van der Waals surface area contributed by atoms with Crippen molar-refractivity contribution in [1.82, 2.24) is 4.90 Å². The highest BCUT2D eigenvalue weighted by Gasteiger charge is 2.21. The second kappa shape index (κ2) is 6.08. The average molecular weight is 215 g/mol. The molecule has 0 spiro atoms. The zero-order valence-corrected chi connectivity index (χ0v) is 9.61. The fourth-order valence-electron chi connectivity index (χ4n) is 2.08. The summed E-state index contributed by atoms with van der Waals surface area (Å²) in [6.45, 7) is 7.10. The lowest BCUT2D eigenvalue weighted by Crippen LogP contribution is -2.45. The molecule has 88 valence electrons. The lowest BCUT2D eigenvalue weighted by Gasteiger charge is -2.35. The van der Waals surface area contributed by atoms with Crippen molar-refractivity contribution in [2.45, 2.75) is 45.3 Å². The Hall–Kier alpha value is -0.610. The largest absolute Gasteiger partial charge is 0.481 e. The number of carbonyl (C=O) groups is 1. The van der Waals surface area contributed by atoms with Gasteiger partial charge in [0.25, 0.3) is 0 Å². The van der Waals surface area contributed by atoms with Crippen molar-refractivity contribution >= 4 is 5.97 Å². The molecule has 0 aromatic carbocycles. The number of nitrogens with zero attached hydrogens (tertiary/aromatic N) is 1. The molecule has 4 heteroatoms. The molecule has 1 heterocycles. The summed E-state index contributed by atoms with van der Waals surface area (Å²) in [4.78, 5) is 12.7. The Morgan fingerprint density at radius 1 is 1.33 bits per heavy atom. The number of hydrogen-bond acceptors (Lipinski definition) is 3. The fraction of sp³-hybridized carbons (Fsp3) is 0.909. The number of carboxylic acid groups (broad SMARTS) is 1. The molecular formula is C11H21NO3. The summed E-state index contributed by atoms with van der Waals surface area (Å²) in [7, 11) is 0. The quantitative estimate of drug-likeness (QED) is 0.703. The molecule has 1 fully saturated rings. The van der Waals surface area contributed by atoms with E-state index in [1.165, 1.54) is 0 Å². The molecular weight excluding hydrogens is 194 g/mol. The molecule has 0 aliphatic carbocycles. The third kappa shape index (κ3) is 5.14. The van der Waals surface area contributed by atoms with Crippen LogP contribution in [0.2, 0.25) is 0 Å². The van der Waals surface area contributed by atoms with E-state index in [4.69, 9.17) is 9.84 Å². The van der Waals surface area contributed by atoms with E-state index in [0.717, 1.165) is 32.5 Å². The Morgan fingerprint density at radius 3 is 2.47 bits per heavy atom. The summed E-state index contributed by atoms with van der Waals surface area (Å²) in [5.74, 6) is -0.696. The zero-order valence-electron chi connectivity index (χ0n) is 9.61. The summed E-state index contributed by atoms with van der Waals surface area (Å²) in [6, 6.07) is 0. The maximum absolute atomic E-state index is 10.3. The predicted octanol–water partition coefficient (Wildman–Crippen LogP) is 1.35. The Morgan fingerprint density at radius 2 is 1.93 bits per heavy atom. The number of aliphatic carboxylic acids is 1. The minimum Gasteiger partial charge on any atom is -0.481 e. The van der Waals surface area contributed by atoms with Crippen LogP contribution in [0, 0.1) is 0 Å². The van der Waals surface area contributed by atoms with Crippen molar-refractivity contribution in [3.63, 3.8) is 0 Å². The smallest absolute Gasteiger partial charge is 0.303 e. The standard InChI is InChI=1S/C11H21NO3/c1-9-7-12(8-10(2)15-9)6-4-3-5-11(13)14/h9-10H,3-8H2,1-2H3,(H,13,14). The van der Waals surface area contributed by atoms with E-state index in [-0.39, 0.29) is 6.42 Å². The highest BCUT2D eigenvalue weighted by Crippen LogP contribution is 2.11. The van der Waals surface area contributed by atoms with Crippen LogP contribution in [-0.4, -0.2) is 47.8 Å². The van der Waals surface area contributed by atoms with Crippen LogP contribution in [0.25, 0.3) is 0 Å². The summed E-state index contributed by atoms with van der Waals surface area (Å²) in [6.07, 6.45) is 2.62. The van der Waals surface area contributed by atoms with Gasteiger partial charge in [0.2, 0.25) is 0 Å². The topological polar surface area (TPSA) is 49.8 Å². The molecule has 0 radical (unpaired) electrons. The van der Waals surface area contributed by atoms with E-state index in [1.807, 2.05) is 0 Å². The Balaban J connectivity index is 2.12. The maximum Gasteiger partial charge on any atom is 0.303 e. The first kappa shape index (κ1) is 12.5. The zero-order chi connectivity index (χ0) is 11.3. The number of ether oxygens (including phenoxy) is 1. The van der Waals surface area contributed by atoms with Gasteiger partial charge in [-0.3, -0.25) is 9.69 Å². The van der Waals surface area contributed by atoms with Crippen molar-refractivity contribution in [3.05, 3.63) is 0 Å². The molecule has 1 rings (SSSR count). The summed E-state index contributed by atoms with van der Waals surface area (Å²) in [5.41, 5.74) is 0. The lowest BCUT2D eigenvalue weighted by molar-refractivity contribution is -0.137. The van der Waals surface area contributed by atoms with E-state index in [9.17, 15) is 4.79 Å². The number of carboxylic acids is 1. The van der Waals surface area contributed by atoms with Gasteiger partial charge < -0.3 is 9.84 Å². The Labute approximate surface area is 91.2 Å². The second-order valence-corrected chi connectivity index (χ2v) is 4.37. The van der Waals surface area contributed by atoms with E-state index in [1.54, 1.807) is 0 Å². The highest BCUT2D eigenvalue weighted by molar-refractivity contribution is 5.66. The van der Waals surface area contributed by atoms with Crippen molar-refractivity contribution in [2.24, 2.45) is 0 Å². The van der Waals surface area contributed by atoms with Gasteiger partial charge in [-0.1, -0.05) is 0 Å². The fourth-order valence-corrected chi connectivity index (χ4v) is 2.08. The van der Waals surface area contributed by atoms with E-state index >= 15 is 0 Å². The highest BCUT2D eigenvalue weighted by atomic mass is 16.5. The van der Waals surface area contributed by atoms with Gasteiger partial charge in [0, 0.05) is 19.5 Å². The normalized spacial score (nSPS) is 27.9. The molecule has 2 atom stereocenters. The Bertz CT molecular complexity index is 198. The third-order valence-corrected chi connectivity index (χ3v) is 2.61. The van der Waals surface area contributed by atoms with Crippen LogP contribution in [0.3, 0.4) is 0 Å². The molecule has 1 N–H and O–H groups in total. The van der Waals surface area contributed by atoms with Crippen LogP contribution in [0.5, 0.6) is 0 Å². The van der Waals surface area contributed by atoms with Gasteiger partial charge in [-0.25, -0.2) is 0 Å². The molecule has 15 heavy (non-hydrogen) atoms. The molecule has 4 nitrogen and oxygen atoms in total. The molecule has 0 aromatic rings. The van der Waals surface area contributed by atoms with Crippen LogP contribution in [0.15, 0.2) is 0 Å². The van der Waals surface area contributed by atoms with Crippen molar-refractivity contribution in [1.29, 1.82) is 0 Å². The van der Waals surface area contributed by atoms with Crippen molar-refractivity contribution in [2.75, 3.05) is 19.6 Å². The molecule has 1 saturated heterocycles. The first-order valence-electron chi connectivity index (χ1n) is 5.67. The van der Waals surface area contributed by atoms with Gasteiger partial charge >= 0.3 is 5.97 Å². The number of unbranched alkanes of at least 4 members (excludes halogenated alkanes) is 1. The van der Waals surface area contributed by atoms with Gasteiger partial charge in [0.05, 0.1) is 12.2 Å². The minimum atomic E-state index is -0.696. The molecule has 0 amide bonds. The summed E-state index contributed by atoms with van der Waals surface area (Å²) < 4.78 is 5.63. The molecule has 0 aromatic heterocycles. The van der Waals surface area contributed by atoms with Crippen LogP contribution < -0.4 is 0 Å². The van der Waals surface area contributed by atoms with Crippen LogP contribution in [0.1, 0.15) is 33.1 Å². The summed E-state index contributed by atoms with van der Waals surface area (Å²) >= 11 is 0. The van der Waals surface area contributed by atoms with Crippen LogP contribution >= 0.6 is 0 Å². The third-order valence-electron chi connectivity index (χ3n) is 2.61. The van der Waals surface area contributed by atoms with Gasteiger partial charge in [0.1, 0.15) is 0 Å². The van der Waals surface area contributed by atoms with E-state index in [2.05, 4.69) is 18.7 Å². The number of morpholine rings is 1. The maximum atomic E-state index is 10.3. The van der Waals surface area contributed by atoms with Gasteiger partial charge in [0.15, 0.2) is 0 Å². The van der Waals surface area contributed by atoms with Gasteiger partial charge in [-0.15, -0.1) is 0 Å². The molecule has 2 unspecified atom stereocenters. The summed E-state index contributed by atoms with van der Waals surface area (Å²) in [5, 5.41) is 8.50. The van der Waals surface area contributed by atoms with Gasteiger partial charge in [-0.05, 0) is 33.2 Å². The Kier molecular flexibility index (Phi) is 5.05. The lowest BCUT2D eigenvalue weighted by atomic mass is 10.2. The number of hydrogen-bond donors (Lipinski definition) is 1. The molecule has 0 saturated carbocycles. The SMILES string of the molecule is CC1CN(CCCCC(=O)O)CC(C)O1. The monoisotopic (exact) mass is 215 g/mol. The predicted molar refractivity (Wildman–Crippen MR) is 57.9 cm³/mol. The first-order valence-corrected chi connectivity index (χ1v) is 5.67. The van der Waals surface area contributed by atoms with Crippen LogP contribution in [0.4, 0.5) is 0 Å². The molecule has 1 aliphatic rings. The van der Waals surface area contributed by atoms with E-state index in [0.29, 0.717) is 12.2 Å². The molecule has 0 bridgehead atoms.